The van der Waals surface area contributed by atoms with Crippen molar-refractivity contribution in [2.45, 2.75) is 6.54 Å². The van der Waals surface area contributed by atoms with E-state index in [0.717, 1.165) is 17.1 Å². The number of rotatable bonds is 4. The van der Waals surface area contributed by atoms with Gasteiger partial charge in [0.1, 0.15) is 11.6 Å². The molecule has 0 aliphatic heterocycles. The van der Waals surface area contributed by atoms with Crippen LogP contribution in [0.5, 0.6) is 5.75 Å². The van der Waals surface area contributed by atoms with Gasteiger partial charge in [-0.2, -0.15) is 5.10 Å². The van der Waals surface area contributed by atoms with E-state index >= 15 is 0 Å². The number of nitrogens with one attached hydrogen (secondary N) is 1. The number of hydrogen-bond acceptors (Lipinski definition) is 4. The molecule has 0 bridgehead atoms. The van der Waals surface area contributed by atoms with Crippen molar-refractivity contribution < 1.29 is 4.74 Å². The molecule has 2 aromatic rings. The molecule has 0 atom stereocenters. The highest BCUT2D eigenvalue weighted by Gasteiger charge is 1.98. The molecule has 1 N–H and O–H groups in total. The van der Waals surface area contributed by atoms with E-state index in [2.05, 4.69) is 15.4 Å². The fourth-order valence-electron chi connectivity index (χ4n) is 1.39. The van der Waals surface area contributed by atoms with E-state index in [9.17, 15) is 0 Å². The van der Waals surface area contributed by atoms with Gasteiger partial charge in [0.05, 0.1) is 13.3 Å². The normalized spacial score (nSPS) is 10.1. The molecule has 16 heavy (non-hydrogen) atoms. The average molecular weight is 218 g/mol. The summed E-state index contributed by atoms with van der Waals surface area (Å²) in [6.07, 6.45) is 5.50. The van der Waals surface area contributed by atoms with Gasteiger partial charge in [-0.05, 0) is 6.07 Å². The second-order valence-corrected chi connectivity index (χ2v) is 3.46. The van der Waals surface area contributed by atoms with Gasteiger partial charge < -0.3 is 10.1 Å². The second kappa shape index (κ2) is 4.65. The van der Waals surface area contributed by atoms with Gasteiger partial charge in [0.25, 0.3) is 0 Å². The van der Waals surface area contributed by atoms with E-state index in [0.29, 0.717) is 6.54 Å². The van der Waals surface area contributed by atoms with Crippen LogP contribution in [0, 0.1) is 0 Å². The highest BCUT2D eigenvalue weighted by Crippen LogP contribution is 2.14. The number of anilines is 1. The zero-order chi connectivity index (χ0) is 11.4. The van der Waals surface area contributed by atoms with Crippen molar-refractivity contribution in [3.05, 3.63) is 36.3 Å². The van der Waals surface area contributed by atoms with Crippen molar-refractivity contribution in [3.8, 4) is 5.75 Å². The van der Waals surface area contributed by atoms with Crippen LogP contribution in [0.25, 0.3) is 0 Å². The first kappa shape index (κ1) is 10.5. The number of methoxy groups -OCH3 is 1. The molecule has 0 spiro atoms. The molecule has 0 amide bonds. The summed E-state index contributed by atoms with van der Waals surface area (Å²) in [5.74, 6) is 1.59. The van der Waals surface area contributed by atoms with Gasteiger partial charge in [-0.1, -0.05) is 0 Å². The molecule has 0 saturated heterocycles. The lowest BCUT2D eigenvalue weighted by Crippen LogP contribution is -2.00. The summed E-state index contributed by atoms with van der Waals surface area (Å²) in [6.45, 7) is 0.702. The Morgan fingerprint density at radius 1 is 1.50 bits per heavy atom. The molecule has 0 aromatic carbocycles. The summed E-state index contributed by atoms with van der Waals surface area (Å²) in [4.78, 5) is 4.19. The van der Waals surface area contributed by atoms with E-state index < -0.39 is 0 Å². The van der Waals surface area contributed by atoms with Crippen molar-refractivity contribution in [2.24, 2.45) is 7.05 Å². The Bertz CT molecular complexity index is 467. The first-order valence-electron chi connectivity index (χ1n) is 4.99. The Labute approximate surface area is 94.1 Å². The van der Waals surface area contributed by atoms with Crippen molar-refractivity contribution in [3.63, 3.8) is 0 Å². The summed E-state index contributed by atoms with van der Waals surface area (Å²) >= 11 is 0. The van der Waals surface area contributed by atoms with Crippen LogP contribution in [0.15, 0.2) is 30.7 Å². The largest absolute Gasteiger partial charge is 0.497 e. The summed E-state index contributed by atoms with van der Waals surface area (Å²) in [5, 5.41) is 7.30. The lowest BCUT2D eigenvalue weighted by atomic mass is 10.3. The Morgan fingerprint density at radius 3 is 3.06 bits per heavy atom. The fraction of sp³-hybridized carbons (Fsp3) is 0.273. The summed E-state index contributed by atoms with van der Waals surface area (Å²) in [6, 6.07) is 3.67. The van der Waals surface area contributed by atoms with Crippen LogP contribution >= 0.6 is 0 Å². The highest BCUT2D eigenvalue weighted by molar-refractivity contribution is 5.40. The smallest absolute Gasteiger partial charge is 0.129 e. The minimum atomic E-state index is 0.702. The Morgan fingerprint density at radius 2 is 2.38 bits per heavy atom. The maximum Gasteiger partial charge on any atom is 0.129 e. The Balaban J connectivity index is 1.99. The molecule has 0 radical (unpaired) electrons. The van der Waals surface area contributed by atoms with Crippen LogP contribution in [-0.2, 0) is 13.6 Å². The molecule has 5 heteroatoms. The summed E-state index contributed by atoms with van der Waals surface area (Å²) in [7, 11) is 3.54. The Hall–Kier alpha value is -2.04. The quantitative estimate of drug-likeness (QED) is 0.843. The molecule has 5 nitrogen and oxygen atoms in total. The van der Waals surface area contributed by atoms with Crippen LogP contribution < -0.4 is 10.1 Å². The monoisotopic (exact) mass is 218 g/mol. The fourth-order valence-corrected chi connectivity index (χ4v) is 1.39. The number of aromatic nitrogens is 3. The third-order valence-electron chi connectivity index (χ3n) is 2.20. The Kier molecular flexibility index (Phi) is 3.05. The number of aryl methyl sites for hydroxylation is 1. The molecule has 2 heterocycles. The van der Waals surface area contributed by atoms with Gasteiger partial charge in [-0.25, -0.2) is 4.98 Å². The van der Waals surface area contributed by atoms with E-state index in [1.54, 1.807) is 18.0 Å². The van der Waals surface area contributed by atoms with Crippen molar-refractivity contribution in [1.29, 1.82) is 0 Å². The third-order valence-corrected chi connectivity index (χ3v) is 2.20. The molecule has 0 unspecified atom stereocenters. The number of nitrogens with zero attached hydrogens (tertiary/aromatic N) is 3. The standard InChI is InChI=1S/C11H14N4O/c1-15-8-9(7-14-15)6-13-11-5-10(16-2)3-4-12-11/h3-5,7-8H,6H2,1-2H3,(H,12,13). The van der Waals surface area contributed by atoms with Crippen molar-refractivity contribution >= 4 is 5.82 Å². The number of ether oxygens (including phenoxy) is 1. The molecular formula is C11H14N4O. The first-order valence-corrected chi connectivity index (χ1v) is 4.99. The maximum atomic E-state index is 5.11. The number of hydrogen-bond donors (Lipinski definition) is 1. The van der Waals surface area contributed by atoms with E-state index in [1.807, 2.05) is 31.6 Å². The maximum absolute atomic E-state index is 5.11. The lowest BCUT2D eigenvalue weighted by Gasteiger charge is -2.05. The van der Waals surface area contributed by atoms with E-state index in [1.165, 1.54) is 0 Å². The van der Waals surface area contributed by atoms with Crippen LogP contribution in [0.3, 0.4) is 0 Å². The molecule has 0 aliphatic rings. The third kappa shape index (κ3) is 2.50. The predicted molar refractivity (Wildman–Crippen MR) is 61.3 cm³/mol. The summed E-state index contributed by atoms with van der Waals surface area (Å²) in [5.41, 5.74) is 1.12. The summed E-state index contributed by atoms with van der Waals surface area (Å²) < 4.78 is 6.89. The highest BCUT2D eigenvalue weighted by atomic mass is 16.5. The van der Waals surface area contributed by atoms with Crippen LogP contribution in [0.4, 0.5) is 5.82 Å². The molecule has 0 aliphatic carbocycles. The molecule has 2 rings (SSSR count). The van der Waals surface area contributed by atoms with E-state index in [4.69, 9.17) is 4.74 Å². The molecular weight excluding hydrogens is 204 g/mol. The topological polar surface area (TPSA) is 52.0 Å². The average Bonchev–Trinajstić information content (AvgIpc) is 2.73. The van der Waals surface area contributed by atoms with Crippen LogP contribution in [-0.4, -0.2) is 21.9 Å². The lowest BCUT2D eigenvalue weighted by molar-refractivity contribution is 0.414. The van der Waals surface area contributed by atoms with Crippen LogP contribution in [0.2, 0.25) is 0 Å². The van der Waals surface area contributed by atoms with Gasteiger partial charge in [0.15, 0.2) is 0 Å². The molecule has 0 saturated carbocycles. The second-order valence-electron chi connectivity index (χ2n) is 3.46. The van der Waals surface area contributed by atoms with Gasteiger partial charge in [-0.15, -0.1) is 0 Å². The minimum absolute atomic E-state index is 0.702. The van der Waals surface area contributed by atoms with Gasteiger partial charge in [0.2, 0.25) is 0 Å². The van der Waals surface area contributed by atoms with Gasteiger partial charge in [-0.3, -0.25) is 4.68 Å². The first-order chi connectivity index (χ1) is 7.78. The van der Waals surface area contributed by atoms with Crippen molar-refractivity contribution in [2.75, 3.05) is 12.4 Å². The zero-order valence-corrected chi connectivity index (χ0v) is 9.34. The van der Waals surface area contributed by atoms with E-state index in [-0.39, 0.29) is 0 Å². The van der Waals surface area contributed by atoms with Crippen molar-refractivity contribution in [1.82, 2.24) is 14.8 Å². The molecule has 0 fully saturated rings. The molecule has 2 aromatic heterocycles. The number of pyridine rings is 1. The van der Waals surface area contributed by atoms with Gasteiger partial charge in [0, 0.05) is 37.6 Å². The van der Waals surface area contributed by atoms with Gasteiger partial charge >= 0.3 is 0 Å². The zero-order valence-electron chi connectivity index (χ0n) is 9.34. The van der Waals surface area contributed by atoms with Crippen LogP contribution in [0.1, 0.15) is 5.56 Å². The minimum Gasteiger partial charge on any atom is -0.497 e. The predicted octanol–water partition coefficient (Wildman–Crippen LogP) is 1.44. The SMILES string of the molecule is COc1ccnc(NCc2cnn(C)c2)c1. The molecule has 84 valence electrons.